The largest absolute Gasteiger partial charge is 0.462 e. The molecule has 0 radical (unpaired) electrons. The molecule has 0 spiro atoms. The van der Waals surface area contributed by atoms with Gasteiger partial charge in [-0.05, 0) is 30.5 Å². The average Bonchev–Trinajstić information content (AvgIpc) is 2.90. The summed E-state index contributed by atoms with van der Waals surface area (Å²) in [5.74, 6) is -0.285. The Kier molecular flexibility index (Phi) is 4.36. The molecule has 1 aromatic heterocycles. The maximum absolute atomic E-state index is 11.8. The van der Waals surface area contributed by atoms with E-state index in [0.29, 0.717) is 18.7 Å². The lowest BCUT2D eigenvalue weighted by molar-refractivity contribution is 0.0527. The molecule has 18 heavy (non-hydrogen) atoms. The minimum atomic E-state index is -0.285. The van der Waals surface area contributed by atoms with Crippen molar-refractivity contribution in [2.45, 2.75) is 13.5 Å². The standard InChI is InChI=1S/C14H15NO2S/c1-2-17-14(16)12-7-3-4-8-13(12)15-10-11-6-5-9-18-11/h3-9,15H,2,10H2,1H3. The van der Waals surface area contributed by atoms with Crippen LogP contribution in [0, 0.1) is 0 Å². The Morgan fingerprint density at radius 2 is 2.11 bits per heavy atom. The minimum absolute atomic E-state index is 0.285. The number of esters is 1. The first-order valence-electron chi connectivity index (χ1n) is 5.83. The first kappa shape index (κ1) is 12.6. The number of hydrogen-bond donors (Lipinski definition) is 1. The zero-order chi connectivity index (χ0) is 12.8. The van der Waals surface area contributed by atoms with Gasteiger partial charge in [-0.2, -0.15) is 0 Å². The van der Waals surface area contributed by atoms with Gasteiger partial charge in [0.25, 0.3) is 0 Å². The van der Waals surface area contributed by atoms with E-state index in [1.54, 1.807) is 24.3 Å². The van der Waals surface area contributed by atoms with E-state index in [4.69, 9.17) is 4.74 Å². The highest BCUT2D eigenvalue weighted by atomic mass is 32.1. The maximum atomic E-state index is 11.8. The smallest absolute Gasteiger partial charge is 0.340 e. The lowest BCUT2D eigenvalue weighted by atomic mass is 10.2. The summed E-state index contributed by atoms with van der Waals surface area (Å²) in [5.41, 5.74) is 1.39. The lowest BCUT2D eigenvalue weighted by Crippen LogP contribution is -2.09. The topological polar surface area (TPSA) is 38.3 Å². The molecule has 0 atom stereocenters. The van der Waals surface area contributed by atoms with Crippen molar-refractivity contribution >= 4 is 23.0 Å². The van der Waals surface area contributed by atoms with Crippen LogP contribution in [0.1, 0.15) is 22.2 Å². The van der Waals surface area contributed by atoms with Gasteiger partial charge in [0.15, 0.2) is 0 Å². The normalized spacial score (nSPS) is 10.1. The van der Waals surface area contributed by atoms with E-state index in [2.05, 4.69) is 11.4 Å². The Morgan fingerprint density at radius 1 is 1.28 bits per heavy atom. The van der Waals surface area contributed by atoms with Gasteiger partial charge in [0, 0.05) is 17.1 Å². The second-order valence-electron chi connectivity index (χ2n) is 3.70. The number of anilines is 1. The van der Waals surface area contributed by atoms with Crippen LogP contribution in [0.2, 0.25) is 0 Å². The van der Waals surface area contributed by atoms with E-state index in [-0.39, 0.29) is 5.97 Å². The molecule has 1 heterocycles. The van der Waals surface area contributed by atoms with Crippen LogP contribution in [-0.4, -0.2) is 12.6 Å². The summed E-state index contributed by atoms with van der Waals surface area (Å²) in [6, 6.07) is 11.5. The van der Waals surface area contributed by atoms with Crippen LogP contribution < -0.4 is 5.32 Å². The fraction of sp³-hybridized carbons (Fsp3) is 0.214. The van der Waals surface area contributed by atoms with Crippen molar-refractivity contribution in [1.29, 1.82) is 0 Å². The van der Waals surface area contributed by atoms with Gasteiger partial charge in [0.05, 0.1) is 12.2 Å². The summed E-state index contributed by atoms with van der Waals surface area (Å²) in [6.45, 7) is 2.91. The number of carbonyl (C=O) groups excluding carboxylic acids is 1. The number of thiophene rings is 1. The zero-order valence-corrected chi connectivity index (χ0v) is 11.0. The van der Waals surface area contributed by atoms with Gasteiger partial charge in [0.1, 0.15) is 0 Å². The number of hydrogen-bond acceptors (Lipinski definition) is 4. The molecule has 0 aliphatic heterocycles. The Bertz CT molecular complexity index is 508. The Morgan fingerprint density at radius 3 is 2.83 bits per heavy atom. The van der Waals surface area contributed by atoms with Crippen LogP contribution in [0.15, 0.2) is 41.8 Å². The molecule has 0 bridgehead atoms. The molecule has 1 N–H and O–H groups in total. The van der Waals surface area contributed by atoms with Crippen LogP contribution in [0.3, 0.4) is 0 Å². The predicted molar refractivity (Wildman–Crippen MR) is 74.0 cm³/mol. The Balaban J connectivity index is 2.09. The molecule has 0 fully saturated rings. The van der Waals surface area contributed by atoms with Gasteiger partial charge in [-0.25, -0.2) is 4.79 Å². The van der Waals surface area contributed by atoms with Gasteiger partial charge in [-0.3, -0.25) is 0 Å². The molecule has 0 aliphatic rings. The summed E-state index contributed by atoms with van der Waals surface area (Å²) >= 11 is 1.69. The van der Waals surface area contributed by atoms with Crippen molar-refractivity contribution in [1.82, 2.24) is 0 Å². The third-order valence-electron chi connectivity index (χ3n) is 2.46. The van der Waals surface area contributed by atoms with Gasteiger partial charge >= 0.3 is 5.97 Å². The van der Waals surface area contributed by atoms with Gasteiger partial charge < -0.3 is 10.1 Å². The molecule has 0 aliphatic carbocycles. The molecule has 0 unspecified atom stereocenters. The first-order valence-corrected chi connectivity index (χ1v) is 6.71. The van der Waals surface area contributed by atoms with Gasteiger partial charge in [-0.1, -0.05) is 18.2 Å². The fourth-order valence-electron chi connectivity index (χ4n) is 1.62. The molecule has 0 saturated carbocycles. The van der Waals surface area contributed by atoms with E-state index in [1.165, 1.54) is 4.88 Å². The van der Waals surface area contributed by atoms with E-state index < -0.39 is 0 Å². The number of nitrogens with one attached hydrogen (secondary N) is 1. The van der Waals surface area contributed by atoms with E-state index in [9.17, 15) is 4.79 Å². The number of ether oxygens (including phenoxy) is 1. The summed E-state index contributed by atoms with van der Waals surface area (Å²) in [7, 11) is 0. The maximum Gasteiger partial charge on any atom is 0.340 e. The highest BCUT2D eigenvalue weighted by Gasteiger charge is 2.11. The Labute approximate surface area is 110 Å². The summed E-state index contributed by atoms with van der Waals surface area (Å²) in [4.78, 5) is 13.0. The molecule has 2 aromatic rings. The minimum Gasteiger partial charge on any atom is -0.462 e. The third kappa shape index (κ3) is 3.11. The number of benzene rings is 1. The summed E-state index contributed by atoms with van der Waals surface area (Å²) in [6.07, 6.45) is 0. The van der Waals surface area contributed by atoms with Crippen molar-refractivity contribution in [3.63, 3.8) is 0 Å². The fourth-order valence-corrected chi connectivity index (χ4v) is 2.26. The average molecular weight is 261 g/mol. The zero-order valence-electron chi connectivity index (χ0n) is 10.2. The van der Waals surface area contributed by atoms with Crippen LogP contribution in [0.25, 0.3) is 0 Å². The predicted octanol–water partition coefficient (Wildman–Crippen LogP) is 3.54. The van der Waals surface area contributed by atoms with E-state index in [1.807, 2.05) is 29.6 Å². The van der Waals surface area contributed by atoms with Crippen LogP contribution >= 0.6 is 11.3 Å². The molecular formula is C14H15NO2S. The Hall–Kier alpha value is -1.81. The van der Waals surface area contributed by atoms with Crippen LogP contribution in [-0.2, 0) is 11.3 Å². The third-order valence-corrected chi connectivity index (χ3v) is 3.33. The van der Waals surface area contributed by atoms with Crippen molar-refractivity contribution in [3.8, 4) is 0 Å². The highest BCUT2D eigenvalue weighted by Crippen LogP contribution is 2.18. The van der Waals surface area contributed by atoms with Crippen LogP contribution in [0.4, 0.5) is 5.69 Å². The molecule has 2 rings (SSSR count). The molecule has 0 saturated heterocycles. The molecule has 4 heteroatoms. The second kappa shape index (κ2) is 6.21. The SMILES string of the molecule is CCOC(=O)c1ccccc1NCc1cccs1. The number of carbonyl (C=O) groups is 1. The van der Waals surface area contributed by atoms with Gasteiger partial charge in [-0.15, -0.1) is 11.3 Å². The van der Waals surface area contributed by atoms with Crippen molar-refractivity contribution in [3.05, 3.63) is 52.2 Å². The van der Waals surface area contributed by atoms with E-state index >= 15 is 0 Å². The monoisotopic (exact) mass is 261 g/mol. The summed E-state index contributed by atoms with van der Waals surface area (Å²) in [5, 5.41) is 5.30. The van der Waals surface area contributed by atoms with Crippen molar-refractivity contribution in [2.75, 3.05) is 11.9 Å². The second-order valence-corrected chi connectivity index (χ2v) is 4.73. The highest BCUT2D eigenvalue weighted by molar-refractivity contribution is 7.09. The van der Waals surface area contributed by atoms with Crippen LogP contribution in [0.5, 0.6) is 0 Å². The quantitative estimate of drug-likeness (QED) is 0.837. The molecular weight excluding hydrogens is 246 g/mol. The lowest BCUT2D eigenvalue weighted by Gasteiger charge is -2.10. The molecule has 94 valence electrons. The molecule has 0 amide bonds. The van der Waals surface area contributed by atoms with Crippen molar-refractivity contribution < 1.29 is 9.53 Å². The number of para-hydroxylation sites is 1. The molecule has 3 nitrogen and oxygen atoms in total. The number of rotatable bonds is 5. The van der Waals surface area contributed by atoms with Crippen molar-refractivity contribution in [2.24, 2.45) is 0 Å². The van der Waals surface area contributed by atoms with Gasteiger partial charge in [0.2, 0.25) is 0 Å². The summed E-state index contributed by atoms with van der Waals surface area (Å²) < 4.78 is 5.03. The molecule has 1 aromatic carbocycles. The van der Waals surface area contributed by atoms with E-state index in [0.717, 1.165) is 5.69 Å². The first-order chi connectivity index (χ1) is 8.81.